The summed E-state index contributed by atoms with van der Waals surface area (Å²) in [6.07, 6.45) is 7.57. The first-order chi connectivity index (χ1) is 14.0. The Labute approximate surface area is 189 Å². The topological polar surface area (TPSA) is 56.5 Å². The molecule has 0 saturated carbocycles. The van der Waals surface area contributed by atoms with Gasteiger partial charge in [-0.05, 0) is 25.3 Å². The first-order valence-electron chi connectivity index (χ1n) is 9.69. The number of rotatable bonds is 5. The summed E-state index contributed by atoms with van der Waals surface area (Å²) in [6.45, 7) is 6.04. The number of unbranched alkanes of at least 4 members (excludes halogenated alkanes) is 1. The molecule has 1 aliphatic rings. The van der Waals surface area contributed by atoms with Crippen LogP contribution in [0.3, 0.4) is 0 Å². The summed E-state index contributed by atoms with van der Waals surface area (Å²) in [5, 5.41) is 10.6. The number of carbonyl (C=O) groups excluding carboxylic acids is 1. The number of allylic oxidation sites excluding steroid dienone is 2. The van der Waals surface area contributed by atoms with Gasteiger partial charge in [-0.3, -0.25) is 4.79 Å². The second kappa shape index (κ2) is 10.8. The van der Waals surface area contributed by atoms with E-state index in [1.165, 1.54) is 26.3 Å². The van der Waals surface area contributed by atoms with Crippen LogP contribution in [0.1, 0.15) is 33.6 Å². The van der Waals surface area contributed by atoms with Crippen molar-refractivity contribution >= 4 is 39.4 Å². The van der Waals surface area contributed by atoms with Gasteiger partial charge in [0.15, 0.2) is 12.3 Å². The van der Waals surface area contributed by atoms with E-state index in [0.717, 1.165) is 40.6 Å². The van der Waals surface area contributed by atoms with Crippen molar-refractivity contribution in [3.05, 3.63) is 66.7 Å². The van der Waals surface area contributed by atoms with Crippen molar-refractivity contribution in [3.63, 3.8) is 0 Å². The van der Waals surface area contributed by atoms with E-state index in [-0.39, 0.29) is 31.6 Å². The van der Waals surface area contributed by atoms with E-state index in [0.29, 0.717) is 0 Å². The fourth-order valence-corrected chi connectivity index (χ4v) is 3.02. The zero-order valence-corrected chi connectivity index (χ0v) is 19.7. The Morgan fingerprint density at radius 3 is 2.63 bits per heavy atom. The smallest absolute Gasteiger partial charge is 0.493 e. The second-order valence-electron chi connectivity index (χ2n) is 6.91. The van der Waals surface area contributed by atoms with Gasteiger partial charge in [0, 0.05) is 38.2 Å². The van der Waals surface area contributed by atoms with Crippen molar-refractivity contribution in [1.29, 1.82) is 0 Å². The maximum atomic E-state index is 10.0. The van der Waals surface area contributed by atoms with Gasteiger partial charge in [-0.2, -0.15) is 6.07 Å². The van der Waals surface area contributed by atoms with Gasteiger partial charge in [-0.15, -0.1) is 6.07 Å². The molecule has 157 valence electrons. The zero-order valence-electron chi connectivity index (χ0n) is 17.3. The number of fused-ring (bicyclic) bond motifs is 3. The molecule has 0 aliphatic carbocycles. The van der Waals surface area contributed by atoms with Crippen LogP contribution in [0.5, 0.6) is 0 Å². The summed E-state index contributed by atoms with van der Waals surface area (Å²) in [5.74, 6) is -0.0625. The number of para-hydroxylation sites is 1. The first kappa shape index (κ1) is 23.5. The number of aliphatic hydroxyl groups excluding tert-OH is 1. The van der Waals surface area contributed by atoms with Crippen molar-refractivity contribution < 1.29 is 43.6 Å². The van der Waals surface area contributed by atoms with Gasteiger partial charge in [0.05, 0.1) is 5.76 Å². The van der Waals surface area contributed by atoms with Crippen molar-refractivity contribution in [3.8, 4) is 0 Å². The molecule has 0 bridgehead atoms. The van der Waals surface area contributed by atoms with Crippen LogP contribution in [0.2, 0.25) is 0 Å². The molecular formula is C24H25IrN2O3+. The normalized spacial score (nSPS) is 12.8. The van der Waals surface area contributed by atoms with E-state index in [1.54, 1.807) is 0 Å². The number of carbonyl (C=O) groups is 1. The third-order valence-corrected chi connectivity index (χ3v) is 4.35. The van der Waals surface area contributed by atoms with Crippen LogP contribution >= 0.6 is 0 Å². The van der Waals surface area contributed by atoms with E-state index < -0.39 is 0 Å². The number of nitrogens with zero attached hydrogens (tertiary/aromatic N) is 2. The third kappa shape index (κ3) is 5.87. The van der Waals surface area contributed by atoms with Crippen LogP contribution in [-0.4, -0.2) is 32.6 Å². The third-order valence-electron chi connectivity index (χ3n) is 4.35. The summed E-state index contributed by atoms with van der Waals surface area (Å²) in [4.78, 5) is 10.0. The summed E-state index contributed by atoms with van der Waals surface area (Å²) in [6, 6.07) is 18.8. The average molecular weight is 582 g/mol. The van der Waals surface area contributed by atoms with Crippen LogP contribution in [0.4, 0.5) is 5.69 Å². The molecule has 2 heterocycles. The van der Waals surface area contributed by atoms with E-state index in [9.17, 15) is 4.79 Å². The van der Waals surface area contributed by atoms with E-state index in [2.05, 4.69) is 29.6 Å². The molecule has 4 rings (SSSR count). The average Bonchev–Trinajstić information content (AvgIpc) is 3.29. The fourth-order valence-electron chi connectivity index (χ4n) is 3.02. The molecule has 1 radical (unpaired) electrons. The number of benzene rings is 2. The van der Waals surface area contributed by atoms with E-state index in [1.807, 2.05) is 47.3 Å². The molecule has 0 spiro atoms. The Morgan fingerprint density at radius 2 is 1.97 bits per heavy atom. The molecule has 6 heteroatoms. The van der Waals surface area contributed by atoms with Gasteiger partial charge in [-0.1, -0.05) is 52.1 Å². The molecule has 0 amide bonds. The summed E-state index contributed by atoms with van der Waals surface area (Å²) < 4.78 is 9.98. The molecule has 1 N–H and O–H groups in total. The Morgan fingerprint density at radius 1 is 1.20 bits per heavy atom. The summed E-state index contributed by atoms with van der Waals surface area (Å²) in [7, 11) is 0. The van der Waals surface area contributed by atoms with Crippen molar-refractivity contribution in [2.45, 2.75) is 33.6 Å². The maximum absolute atomic E-state index is 10.0. The quantitative estimate of drug-likeness (QED) is 0.187. The molecule has 0 fully saturated rings. The Kier molecular flexibility index (Phi) is 8.49. The first-order valence-corrected chi connectivity index (χ1v) is 9.69. The molecule has 30 heavy (non-hydrogen) atoms. The number of furan rings is 1. The second-order valence-corrected chi connectivity index (χ2v) is 6.91. The van der Waals surface area contributed by atoms with Crippen LogP contribution in [0.25, 0.3) is 21.9 Å². The van der Waals surface area contributed by atoms with Gasteiger partial charge in [0.25, 0.3) is 6.20 Å². The molecule has 5 nitrogen and oxygen atoms in total. The summed E-state index contributed by atoms with van der Waals surface area (Å²) in [5.41, 5.74) is 2.75. The van der Waals surface area contributed by atoms with Crippen LogP contribution in [0.15, 0.2) is 65.1 Å². The van der Waals surface area contributed by atoms with Gasteiger partial charge in [0.2, 0.25) is 6.20 Å². The predicted molar refractivity (Wildman–Crippen MR) is 114 cm³/mol. The van der Waals surface area contributed by atoms with E-state index >= 15 is 0 Å². The molecule has 1 aromatic heterocycles. The number of aliphatic hydroxyl groups is 1. The summed E-state index contributed by atoms with van der Waals surface area (Å²) >= 11 is 0. The van der Waals surface area contributed by atoms with Crippen LogP contribution < -0.4 is 0 Å². The van der Waals surface area contributed by atoms with Crippen molar-refractivity contribution in [2.24, 2.45) is 0 Å². The van der Waals surface area contributed by atoms with Crippen LogP contribution in [-0.2, 0) is 24.9 Å². The largest absolute Gasteiger partial charge is 0.512 e. The molecule has 0 unspecified atom stereocenters. The Bertz CT molecular complexity index is 1180. The van der Waals surface area contributed by atoms with Crippen molar-refractivity contribution in [1.82, 2.24) is 0 Å². The molecule has 1 aliphatic heterocycles. The van der Waals surface area contributed by atoms with Gasteiger partial charge in [0.1, 0.15) is 11.3 Å². The minimum atomic E-state index is -0.125. The zero-order chi connectivity index (χ0) is 20.8. The fraction of sp³-hybridized carbons (Fsp3) is 0.250. The minimum Gasteiger partial charge on any atom is -0.512 e. The number of hydrogen-bond donors (Lipinski definition) is 1. The standard InChI is InChI=1S/C19H17N2O.C5H8O2.Ir/c1-2-3-10-20-11-12-21(14-20)15-8-9-17-16-6-4-5-7-18(16)22-19(17)13-15;1-4(6)3-5(2)7;/h4-7,9,11-13H,2-3,10H2,1H3;3,6H,1-2H3;/q+1;;/b;4-3-;. The Balaban J connectivity index is 0.000000350. The molecular weight excluding hydrogens is 556 g/mol. The maximum Gasteiger partial charge on any atom is 0.493 e. The molecule has 3 aromatic rings. The predicted octanol–water partition coefficient (Wildman–Crippen LogP) is 5.54. The van der Waals surface area contributed by atoms with Crippen LogP contribution in [0, 0.1) is 6.07 Å². The Hall–Kier alpha value is -2.78. The number of hydrogen-bond acceptors (Lipinski definition) is 3. The minimum absolute atomic E-state index is 0. The van der Waals surface area contributed by atoms with Gasteiger partial charge < -0.3 is 9.52 Å². The van der Waals surface area contributed by atoms with Crippen molar-refractivity contribution in [2.75, 3.05) is 6.54 Å². The monoisotopic (exact) mass is 582 g/mol. The van der Waals surface area contributed by atoms with Gasteiger partial charge >= 0.3 is 6.01 Å². The molecule has 0 saturated heterocycles. The van der Waals surface area contributed by atoms with E-state index in [4.69, 9.17) is 9.52 Å². The molecule has 0 atom stereocenters. The SMILES string of the molecule is CC(=O)/C=C(/C)O.CCCC[N+]1=C=[N+](c2[c-]cc3c(c2)oc2ccccc23)C=C1.[Ir]. The molecule has 2 aromatic carbocycles. The van der Waals surface area contributed by atoms with Gasteiger partial charge in [-0.25, -0.2) is 0 Å². The number of ketones is 1.